The molecule has 2 amide bonds. The lowest BCUT2D eigenvalue weighted by Crippen LogP contribution is -2.46. The normalized spacial score (nSPS) is 28.7. The lowest BCUT2D eigenvalue weighted by atomic mass is 9.69. The Balaban J connectivity index is 1.39. The number of hydrogen-bond acceptors (Lipinski definition) is 2. The number of carbonyl (C=O) groups is 2. The Morgan fingerprint density at radius 1 is 0.920 bits per heavy atom. The zero-order valence-corrected chi connectivity index (χ0v) is 16.4. The molecule has 3 fully saturated rings. The van der Waals surface area contributed by atoms with E-state index in [4.69, 9.17) is 0 Å². The molecule has 0 bridgehead atoms. The van der Waals surface area contributed by atoms with E-state index in [9.17, 15) is 9.59 Å². The van der Waals surface area contributed by atoms with E-state index in [0.717, 1.165) is 57.5 Å². The van der Waals surface area contributed by atoms with E-state index in [1.165, 1.54) is 19.3 Å². The fourth-order valence-electron chi connectivity index (χ4n) is 4.58. The summed E-state index contributed by atoms with van der Waals surface area (Å²) in [6.07, 6.45) is 9.75. The Kier molecular flexibility index (Phi) is 5.75. The third-order valence-electron chi connectivity index (χ3n) is 7.19. The van der Waals surface area contributed by atoms with Crippen molar-refractivity contribution in [2.75, 3.05) is 13.1 Å². The molecule has 0 atom stereocenters. The van der Waals surface area contributed by atoms with Crippen LogP contribution in [0.1, 0.15) is 78.6 Å². The van der Waals surface area contributed by atoms with Gasteiger partial charge in [0, 0.05) is 31.0 Å². The Bertz CT molecular complexity index is 482. The van der Waals surface area contributed by atoms with Crippen molar-refractivity contribution in [3.8, 4) is 0 Å². The van der Waals surface area contributed by atoms with Crippen LogP contribution in [-0.4, -0.2) is 35.8 Å². The SMILES string of the molecule is CCC(C)(C)C1CCC(NC(=O)C2CCN(C(=O)C3CC3)CC2)CC1. The average Bonchev–Trinajstić information content (AvgIpc) is 3.47. The number of piperidine rings is 1. The van der Waals surface area contributed by atoms with Crippen molar-refractivity contribution in [1.82, 2.24) is 10.2 Å². The summed E-state index contributed by atoms with van der Waals surface area (Å²) in [5, 5.41) is 3.32. The first-order valence-electron chi connectivity index (χ1n) is 10.5. The minimum Gasteiger partial charge on any atom is -0.353 e. The molecule has 0 radical (unpaired) electrons. The predicted octanol–water partition coefficient (Wildman–Crippen LogP) is 3.75. The van der Waals surface area contributed by atoms with Crippen molar-refractivity contribution in [2.24, 2.45) is 23.2 Å². The highest BCUT2D eigenvalue weighted by molar-refractivity contribution is 5.82. The highest BCUT2D eigenvalue weighted by Crippen LogP contribution is 2.40. The van der Waals surface area contributed by atoms with Gasteiger partial charge in [0.2, 0.25) is 11.8 Å². The van der Waals surface area contributed by atoms with E-state index < -0.39 is 0 Å². The molecule has 4 heteroatoms. The Morgan fingerprint density at radius 3 is 2.04 bits per heavy atom. The van der Waals surface area contributed by atoms with E-state index in [1.54, 1.807) is 0 Å². The summed E-state index contributed by atoms with van der Waals surface area (Å²) in [7, 11) is 0. The molecule has 2 saturated carbocycles. The molecule has 25 heavy (non-hydrogen) atoms. The minimum absolute atomic E-state index is 0.105. The summed E-state index contributed by atoms with van der Waals surface area (Å²) >= 11 is 0. The Hall–Kier alpha value is -1.06. The van der Waals surface area contributed by atoms with Gasteiger partial charge >= 0.3 is 0 Å². The largest absolute Gasteiger partial charge is 0.353 e. The van der Waals surface area contributed by atoms with Crippen LogP contribution in [0.4, 0.5) is 0 Å². The molecule has 3 aliphatic rings. The predicted molar refractivity (Wildman–Crippen MR) is 100.0 cm³/mol. The van der Waals surface area contributed by atoms with E-state index >= 15 is 0 Å². The number of carbonyl (C=O) groups excluding carboxylic acids is 2. The van der Waals surface area contributed by atoms with Gasteiger partial charge in [-0.1, -0.05) is 27.2 Å². The highest BCUT2D eigenvalue weighted by atomic mass is 16.2. The zero-order chi connectivity index (χ0) is 18.0. The molecule has 0 aromatic rings. The maximum atomic E-state index is 12.6. The van der Waals surface area contributed by atoms with Crippen molar-refractivity contribution in [1.29, 1.82) is 0 Å². The molecule has 142 valence electrons. The van der Waals surface area contributed by atoms with Gasteiger partial charge in [0.15, 0.2) is 0 Å². The molecule has 0 spiro atoms. The number of amides is 2. The van der Waals surface area contributed by atoms with Crippen LogP contribution >= 0.6 is 0 Å². The van der Waals surface area contributed by atoms with Gasteiger partial charge in [0.1, 0.15) is 0 Å². The summed E-state index contributed by atoms with van der Waals surface area (Å²) < 4.78 is 0. The first kappa shape index (κ1) is 18.7. The van der Waals surface area contributed by atoms with Crippen molar-refractivity contribution in [2.45, 2.75) is 84.6 Å². The van der Waals surface area contributed by atoms with E-state index in [-0.39, 0.29) is 11.8 Å². The fourth-order valence-corrected chi connectivity index (χ4v) is 4.58. The molecule has 3 rings (SSSR count). The van der Waals surface area contributed by atoms with Crippen LogP contribution in [0.15, 0.2) is 0 Å². The van der Waals surface area contributed by atoms with Gasteiger partial charge in [-0.15, -0.1) is 0 Å². The zero-order valence-electron chi connectivity index (χ0n) is 16.4. The highest BCUT2D eigenvalue weighted by Gasteiger charge is 2.37. The molecule has 1 N–H and O–H groups in total. The van der Waals surface area contributed by atoms with E-state index in [0.29, 0.717) is 23.3 Å². The van der Waals surface area contributed by atoms with Crippen LogP contribution in [0.25, 0.3) is 0 Å². The second-order valence-electron chi connectivity index (χ2n) is 9.27. The Labute approximate surface area is 153 Å². The maximum Gasteiger partial charge on any atom is 0.225 e. The summed E-state index contributed by atoms with van der Waals surface area (Å²) in [6, 6.07) is 0.363. The smallest absolute Gasteiger partial charge is 0.225 e. The van der Waals surface area contributed by atoms with Gasteiger partial charge in [0.05, 0.1) is 0 Å². The molecule has 1 saturated heterocycles. The maximum absolute atomic E-state index is 12.6. The Morgan fingerprint density at radius 2 is 1.52 bits per heavy atom. The van der Waals surface area contributed by atoms with Gasteiger partial charge in [-0.05, 0) is 62.7 Å². The van der Waals surface area contributed by atoms with E-state index in [2.05, 4.69) is 26.1 Å². The van der Waals surface area contributed by atoms with Crippen molar-refractivity contribution in [3.05, 3.63) is 0 Å². The summed E-state index contributed by atoms with van der Waals surface area (Å²) in [5.41, 5.74) is 0.426. The van der Waals surface area contributed by atoms with Crippen LogP contribution in [0.3, 0.4) is 0 Å². The van der Waals surface area contributed by atoms with Crippen molar-refractivity contribution >= 4 is 11.8 Å². The third-order valence-corrected chi connectivity index (χ3v) is 7.19. The quantitative estimate of drug-likeness (QED) is 0.823. The lowest BCUT2D eigenvalue weighted by molar-refractivity contribution is -0.137. The van der Waals surface area contributed by atoms with Crippen LogP contribution in [0, 0.1) is 23.2 Å². The van der Waals surface area contributed by atoms with E-state index in [1.807, 2.05) is 4.90 Å². The van der Waals surface area contributed by atoms with Gasteiger partial charge in [-0.2, -0.15) is 0 Å². The molecular weight excluding hydrogens is 312 g/mol. The molecule has 4 nitrogen and oxygen atoms in total. The van der Waals surface area contributed by atoms with Crippen molar-refractivity contribution in [3.63, 3.8) is 0 Å². The number of hydrogen-bond donors (Lipinski definition) is 1. The number of rotatable bonds is 5. The first-order valence-corrected chi connectivity index (χ1v) is 10.5. The number of nitrogens with zero attached hydrogens (tertiary/aromatic N) is 1. The van der Waals surface area contributed by atoms with Crippen LogP contribution in [0.5, 0.6) is 0 Å². The molecule has 0 aromatic heterocycles. The summed E-state index contributed by atoms with van der Waals surface area (Å²) in [5.74, 6) is 1.76. The lowest BCUT2D eigenvalue weighted by Gasteiger charge is -2.39. The van der Waals surface area contributed by atoms with Crippen LogP contribution in [0.2, 0.25) is 0 Å². The molecule has 1 heterocycles. The molecule has 0 aromatic carbocycles. The van der Waals surface area contributed by atoms with Crippen LogP contribution < -0.4 is 5.32 Å². The summed E-state index contributed by atoms with van der Waals surface area (Å²) in [6.45, 7) is 8.59. The number of nitrogens with one attached hydrogen (secondary N) is 1. The third kappa shape index (κ3) is 4.57. The van der Waals surface area contributed by atoms with Gasteiger partial charge in [-0.25, -0.2) is 0 Å². The second-order valence-corrected chi connectivity index (χ2v) is 9.27. The monoisotopic (exact) mass is 348 g/mol. The molecular formula is C21H36N2O2. The molecule has 2 aliphatic carbocycles. The van der Waals surface area contributed by atoms with Gasteiger partial charge in [0.25, 0.3) is 0 Å². The number of likely N-dealkylation sites (tertiary alicyclic amines) is 1. The summed E-state index contributed by atoms with van der Waals surface area (Å²) in [4.78, 5) is 26.7. The second kappa shape index (κ2) is 7.67. The fraction of sp³-hybridized carbons (Fsp3) is 0.905. The topological polar surface area (TPSA) is 49.4 Å². The van der Waals surface area contributed by atoms with Crippen molar-refractivity contribution < 1.29 is 9.59 Å². The molecule has 0 unspecified atom stereocenters. The van der Waals surface area contributed by atoms with Gasteiger partial charge in [-0.3, -0.25) is 9.59 Å². The minimum atomic E-state index is 0.105. The van der Waals surface area contributed by atoms with Gasteiger partial charge < -0.3 is 10.2 Å². The standard InChI is InChI=1S/C21H36N2O2/c1-4-21(2,3)17-7-9-18(10-8-17)22-19(24)15-11-13-23(14-12-15)20(25)16-5-6-16/h15-18H,4-14H2,1-3H3,(H,22,24). The molecule has 1 aliphatic heterocycles. The average molecular weight is 349 g/mol. The first-order chi connectivity index (χ1) is 11.9. The van der Waals surface area contributed by atoms with Crippen LogP contribution in [-0.2, 0) is 9.59 Å².